The third kappa shape index (κ3) is 4.31. The van der Waals surface area contributed by atoms with Gasteiger partial charge in [0.15, 0.2) is 0 Å². The van der Waals surface area contributed by atoms with E-state index in [1.165, 1.54) is 5.01 Å². The van der Waals surface area contributed by atoms with Crippen molar-refractivity contribution in [2.45, 2.75) is 27.2 Å². The fraction of sp³-hybridized carbons (Fsp3) is 0.263. The number of phenols is 1. The summed E-state index contributed by atoms with van der Waals surface area (Å²) in [5, 5.41) is 11.4. The number of pyridine rings is 1. The van der Waals surface area contributed by atoms with Crippen LogP contribution < -0.4 is 10.4 Å². The first-order valence-electron chi connectivity index (χ1n) is 7.85. The van der Waals surface area contributed by atoms with E-state index in [0.29, 0.717) is 22.3 Å². The van der Waals surface area contributed by atoms with E-state index in [9.17, 15) is 9.90 Å². The molecule has 0 bridgehead atoms. The number of phenolic OH excluding ortho intramolecular Hbond substituents is 1. The molecule has 0 radical (unpaired) electrons. The first kappa shape index (κ1) is 18.8. The van der Waals surface area contributed by atoms with Crippen molar-refractivity contribution < 1.29 is 9.90 Å². The van der Waals surface area contributed by atoms with Gasteiger partial charge in [0, 0.05) is 11.8 Å². The maximum atomic E-state index is 12.8. The largest absolute Gasteiger partial charge is 0.508 e. The minimum Gasteiger partial charge on any atom is -0.508 e. The zero-order chi connectivity index (χ0) is 18.6. The summed E-state index contributed by atoms with van der Waals surface area (Å²) in [6.07, 6.45) is 6.13. The molecule has 0 atom stereocenters. The molecule has 0 saturated heterocycles. The molecule has 0 aliphatic heterocycles. The maximum absolute atomic E-state index is 12.8. The van der Waals surface area contributed by atoms with Crippen LogP contribution in [-0.4, -0.2) is 22.5 Å². The Morgan fingerprint density at radius 1 is 1.40 bits per heavy atom. The highest BCUT2D eigenvalue weighted by atomic mass is 79.9. The van der Waals surface area contributed by atoms with Gasteiger partial charge >= 0.3 is 0 Å². The molecule has 0 saturated carbocycles. The van der Waals surface area contributed by atoms with Gasteiger partial charge in [0.25, 0.3) is 5.91 Å². The topological polar surface area (TPSA) is 65.5 Å². The highest BCUT2D eigenvalue weighted by molar-refractivity contribution is 9.10. The molecule has 0 aliphatic carbocycles. The molecule has 0 fully saturated rings. The fourth-order valence-corrected chi connectivity index (χ4v) is 3.16. The van der Waals surface area contributed by atoms with Crippen LogP contribution in [0.15, 0.2) is 28.9 Å². The van der Waals surface area contributed by atoms with Crippen LogP contribution in [0, 0.1) is 26.2 Å². The summed E-state index contributed by atoms with van der Waals surface area (Å²) in [4.78, 5) is 17.1. The second kappa shape index (κ2) is 8.04. The lowest BCUT2D eigenvalue weighted by molar-refractivity contribution is 0.0948. The van der Waals surface area contributed by atoms with Crippen LogP contribution in [0.4, 0.5) is 5.69 Å². The number of anilines is 1. The molecule has 1 heterocycles. The number of terminal acetylenes is 1. The Morgan fingerprint density at radius 3 is 2.72 bits per heavy atom. The van der Waals surface area contributed by atoms with E-state index in [2.05, 4.69) is 32.3 Å². The number of aromatic nitrogens is 1. The van der Waals surface area contributed by atoms with Crippen molar-refractivity contribution in [3.8, 4) is 18.1 Å². The number of halogens is 1. The summed E-state index contributed by atoms with van der Waals surface area (Å²) in [6.45, 7) is 5.82. The molecular weight excluding hydrogens is 382 g/mol. The third-order valence-electron chi connectivity index (χ3n) is 3.78. The standard InChI is InChI=1S/C19H20BrN3O2/c1-5-9-23(15-8-7-12(3)16(24)11-15)22-19(25)17-14(6-2)10-13(4)21-18(17)20/h1,7-8,10-11,24H,6,9H2,2-4H3,(H,22,25). The number of hydrazine groups is 1. The third-order valence-corrected chi connectivity index (χ3v) is 4.36. The Bertz CT molecular complexity index is 843. The number of hydrogen-bond donors (Lipinski definition) is 2. The van der Waals surface area contributed by atoms with Crippen LogP contribution >= 0.6 is 15.9 Å². The Hall–Kier alpha value is -2.52. The van der Waals surface area contributed by atoms with E-state index < -0.39 is 0 Å². The summed E-state index contributed by atoms with van der Waals surface area (Å²) in [7, 11) is 0. The van der Waals surface area contributed by atoms with Crippen LogP contribution in [-0.2, 0) is 6.42 Å². The van der Waals surface area contributed by atoms with E-state index in [4.69, 9.17) is 6.42 Å². The smallest absolute Gasteiger partial charge is 0.272 e. The number of benzene rings is 1. The lowest BCUT2D eigenvalue weighted by Crippen LogP contribution is -2.43. The van der Waals surface area contributed by atoms with E-state index in [0.717, 1.165) is 16.8 Å². The van der Waals surface area contributed by atoms with Crippen molar-refractivity contribution in [1.82, 2.24) is 10.4 Å². The van der Waals surface area contributed by atoms with Crippen molar-refractivity contribution in [2.24, 2.45) is 0 Å². The summed E-state index contributed by atoms with van der Waals surface area (Å²) < 4.78 is 0.495. The highest BCUT2D eigenvalue weighted by Gasteiger charge is 2.19. The van der Waals surface area contributed by atoms with Gasteiger partial charge in [-0.25, -0.2) is 4.98 Å². The van der Waals surface area contributed by atoms with Gasteiger partial charge in [-0.05, 0) is 59.5 Å². The molecule has 0 spiro atoms. The van der Waals surface area contributed by atoms with Gasteiger partial charge in [-0.15, -0.1) is 6.42 Å². The summed E-state index contributed by atoms with van der Waals surface area (Å²) in [6, 6.07) is 7.01. The van der Waals surface area contributed by atoms with Gasteiger partial charge < -0.3 is 5.11 Å². The quantitative estimate of drug-likeness (QED) is 0.457. The zero-order valence-electron chi connectivity index (χ0n) is 14.4. The van der Waals surface area contributed by atoms with E-state index in [1.807, 2.05) is 19.9 Å². The molecule has 5 nitrogen and oxygen atoms in total. The Kier molecular flexibility index (Phi) is 6.05. The maximum Gasteiger partial charge on any atom is 0.272 e. The summed E-state index contributed by atoms with van der Waals surface area (Å²) in [5.41, 5.74) is 6.36. The molecule has 1 aromatic heterocycles. The average Bonchev–Trinajstić information content (AvgIpc) is 2.56. The monoisotopic (exact) mass is 401 g/mol. The summed E-state index contributed by atoms with van der Waals surface area (Å²) in [5.74, 6) is 2.34. The number of carbonyl (C=O) groups excluding carboxylic acids is 1. The van der Waals surface area contributed by atoms with Gasteiger partial charge in [0.05, 0.1) is 17.8 Å². The number of nitrogens with one attached hydrogen (secondary N) is 1. The second-order valence-corrected chi connectivity index (χ2v) is 6.40. The number of amides is 1. The first-order valence-corrected chi connectivity index (χ1v) is 8.64. The van der Waals surface area contributed by atoms with Gasteiger partial charge in [-0.3, -0.25) is 15.2 Å². The van der Waals surface area contributed by atoms with Gasteiger partial charge in [0.2, 0.25) is 0 Å². The molecular formula is C19H20BrN3O2. The second-order valence-electron chi connectivity index (χ2n) is 5.64. The van der Waals surface area contributed by atoms with Crippen LogP contribution in [0.3, 0.4) is 0 Å². The molecule has 2 N–H and O–H groups in total. The fourth-order valence-electron chi connectivity index (χ4n) is 2.45. The van der Waals surface area contributed by atoms with Crippen LogP contribution in [0.5, 0.6) is 5.75 Å². The minimum absolute atomic E-state index is 0.140. The van der Waals surface area contributed by atoms with Gasteiger partial charge in [-0.2, -0.15) is 0 Å². The predicted octanol–water partition coefficient (Wildman–Crippen LogP) is 3.51. The number of nitrogens with zero attached hydrogens (tertiary/aromatic N) is 2. The minimum atomic E-state index is -0.313. The number of carbonyl (C=O) groups is 1. The average molecular weight is 402 g/mol. The normalized spacial score (nSPS) is 10.2. The van der Waals surface area contributed by atoms with Crippen molar-refractivity contribution in [2.75, 3.05) is 11.6 Å². The Morgan fingerprint density at radius 2 is 2.12 bits per heavy atom. The van der Waals surface area contributed by atoms with Crippen molar-refractivity contribution in [1.29, 1.82) is 0 Å². The van der Waals surface area contributed by atoms with Crippen molar-refractivity contribution in [3.05, 3.63) is 51.3 Å². The lowest BCUT2D eigenvalue weighted by Gasteiger charge is -2.24. The molecule has 2 rings (SSSR count). The molecule has 6 heteroatoms. The van der Waals surface area contributed by atoms with Crippen LogP contribution in [0.2, 0.25) is 0 Å². The zero-order valence-corrected chi connectivity index (χ0v) is 16.0. The lowest BCUT2D eigenvalue weighted by atomic mass is 10.1. The Balaban J connectivity index is 2.36. The van der Waals surface area contributed by atoms with E-state index in [1.54, 1.807) is 25.1 Å². The van der Waals surface area contributed by atoms with Gasteiger partial charge in [-0.1, -0.05) is 18.9 Å². The highest BCUT2D eigenvalue weighted by Crippen LogP contribution is 2.24. The predicted molar refractivity (Wildman–Crippen MR) is 103 cm³/mol. The molecule has 25 heavy (non-hydrogen) atoms. The molecule has 130 valence electrons. The van der Waals surface area contributed by atoms with Crippen molar-refractivity contribution in [3.63, 3.8) is 0 Å². The SMILES string of the molecule is C#CCN(NC(=O)c1c(CC)cc(C)nc1Br)c1ccc(C)c(O)c1. The number of aryl methyl sites for hydroxylation is 3. The molecule has 1 amide bonds. The van der Waals surface area contributed by atoms with Gasteiger partial charge in [0.1, 0.15) is 10.4 Å². The van der Waals surface area contributed by atoms with Crippen LogP contribution in [0.1, 0.15) is 34.1 Å². The van der Waals surface area contributed by atoms with Crippen molar-refractivity contribution >= 4 is 27.5 Å². The van der Waals surface area contributed by atoms with E-state index in [-0.39, 0.29) is 18.2 Å². The number of hydrogen-bond acceptors (Lipinski definition) is 4. The van der Waals surface area contributed by atoms with E-state index >= 15 is 0 Å². The first-order chi connectivity index (χ1) is 11.9. The molecule has 1 aromatic carbocycles. The summed E-state index contributed by atoms with van der Waals surface area (Å²) >= 11 is 3.37. The molecule has 0 unspecified atom stereocenters. The number of aromatic hydroxyl groups is 1. The number of rotatable bonds is 5. The van der Waals surface area contributed by atoms with Crippen LogP contribution in [0.25, 0.3) is 0 Å². The molecule has 2 aromatic rings. The molecule has 0 aliphatic rings. The Labute approximate surface area is 156 Å².